The van der Waals surface area contributed by atoms with Crippen molar-refractivity contribution in [3.8, 4) is 5.75 Å². The minimum atomic E-state index is -1.06. The number of methoxy groups -OCH3 is 1. The first-order valence-corrected chi connectivity index (χ1v) is 9.17. The largest absolute Gasteiger partial charge is 0.496 e. The van der Waals surface area contributed by atoms with Gasteiger partial charge in [-0.25, -0.2) is 9.18 Å². The summed E-state index contributed by atoms with van der Waals surface area (Å²) in [6, 6.07) is 10.7. The van der Waals surface area contributed by atoms with Gasteiger partial charge in [-0.1, -0.05) is 24.3 Å². The Kier molecular flexibility index (Phi) is 4.00. The topological polar surface area (TPSA) is 55.6 Å². The van der Waals surface area contributed by atoms with Crippen LogP contribution in [0.2, 0.25) is 0 Å². The zero-order chi connectivity index (χ0) is 20.3. The third-order valence-electron chi connectivity index (χ3n) is 5.29. The Morgan fingerprint density at radius 2 is 1.86 bits per heavy atom. The van der Waals surface area contributed by atoms with E-state index < -0.39 is 23.3 Å². The maximum absolute atomic E-state index is 13.4. The molecule has 0 saturated carbocycles. The maximum atomic E-state index is 13.4. The summed E-state index contributed by atoms with van der Waals surface area (Å²) >= 11 is 0. The van der Waals surface area contributed by atoms with Crippen LogP contribution in [0.3, 0.4) is 0 Å². The lowest BCUT2D eigenvalue weighted by Crippen LogP contribution is -2.33. The first-order valence-electron chi connectivity index (χ1n) is 9.17. The predicted octanol–water partition coefficient (Wildman–Crippen LogP) is 4.30. The molecule has 146 valence electrons. The first kappa shape index (κ1) is 18.5. The number of benzene rings is 2. The molecular formula is C22H22FNO4. The van der Waals surface area contributed by atoms with Crippen LogP contribution in [0.25, 0.3) is 0 Å². The number of ketones is 1. The summed E-state index contributed by atoms with van der Waals surface area (Å²) in [5, 5.41) is 0. The molecule has 1 aliphatic heterocycles. The molecule has 2 atom stereocenters. The van der Waals surface area contributed by atoms with Crippen molar-refractivity contribution in [1.29, 1.82) is 0 Å². The van der Waals surface area contributed by atoms with Gasteiger partial charge in [0.1, 0.15) is 22.7 Å². The van der Waals surface area contributed by atoms with Gasteiger partial charge in [0.25, 0.3) is 0 Å². The number of amides is 1. The van der Waals surface area contributed by atoms with Crippen LogP contribution in [-0.2, 0) is 11.2 Å². The number of halogens is 1. The monoisotopic (exact) mass is 383 g/mol. The molecule has 5 nitrogen and oxygen atoms in total. The lowest BCUT2D eigenvalue weighted by molar-refractivity contribution is 0.0363. The highest BCUT2D eigenvalue weighted by Crippen LogP contribution is 2.61. The Balaban J connectivity index is 1.78. The van der Waals surface area contributed by atoms with E-state index in [0.717, 1.165) is 5.56 Å². The highest BCUT2D eigenvalue weighted by Gasteiger charge is 2.74. The normalized spacial score (nSPS) is 23.0. The fourth-order valence-corrected chi connectivity index (χ4v) is 4.13. The molecule has 1 spiro atoms. The molecule has 2 aliphatic rings. The Morgan fingerprint density at radius 3 is 2.46 bits per heavy atom. The molecule has 2 aromatic rings. The van der Waals surface area contributed by atoms with Crippen LogP contribution in [0, 0.1) is 5.82 Å². The molecule has 1 heterocycles. The van der Waals surface area contributed by atoms with E-state index in [1.807, 2.05) is 0 Å². The Labute approximate surface area is 163 Å². The quantitative estimate of drug-likeness (QED) is 0.726. The van der Waals surface area contributed by atoms with Crippen molar-refractivity contribution in [2.45, 2.75) is 44.4 Å². The maximum Gasteiger partial charge on any atom is 0.411 e. The van der Waals surface area contributed by atoms with Gasteiger partial charge in [-0.05, 0) is 44.5 Å². The third-order valence-corrected chi connectivity index (χ3v) is 5.29. The van der Waals surface area contributed by atoms with Crippen LogP contribution >= 0.6 is 0 Å². The van der Waals surface area contributed by atoms with E-state index in [1.54, 1.807) is 58.2 Å². The van der Waals surface area contributed by atoms with Crippen LogP contribution in [0.5, 0.6) is 5.75 Å². The smallest absolute Gasteiger partial charge is 0.411 e. The summed E-state index contributed by atoms with van der Waals surface area (Å²) in [6.45, 7) is 5.34. The zero-order valence-corrected chi connectivity index (χ0v) is 16.3. The number of hydrogen-bond donors (Lipinski definition) is 0. The number of carbonyl (C=O) groups is 2. The Bertz CT molecular complexity index is 963. The second-order valence-electron chi connectivity index (χ2n) is 8.22. The summed E-state index contributed by atoms with van der Waals surface area (Å²) in [7, 11) is 1.56. The molecule has 1 aliphatic carbocycles. The number of carbonyl (C=O) groups excluding carboxylic acids is 2. The number of ether oxygens (including phenoxy) is 2. The van der Waals surface area contributed by atoms with Crippen LogP contribution in [-0.4, -0.2) is 35.0 Å². The predicted molar refractivity (Wildman–Crippen MR) is 101 cm³/mol. The van der Waals surface area contributed by atoms with E-state index in [-0.39, 0.29) is 11.6 Å². The van der Waals surface area contributed by atoms with Gasteiger partial charge in [0.15, 0.2) is 5.78 Å². The van der Waals surface area contributed by atoms with Gasteiger partial charge >= 0.3 is 6.09 Å². The van der Waals surface area contributed by atoms with E-state index >= 15 is 0 Å². The lowest BCUT2D eigenvalue weighted by Gasteiger charge is -2.21. The Hall–Kier alpha value is -2.89. The number of Topliss-reactive ketones (excluding diaryl/α,β-unsaturated/α-hetero) is 1. The van der Waals surface area contributed by atoms with Crippen molar-refractivity contribution in [1.82, 2.24) is 4.90 Å². The van der Waals surface area contributed by atoms with Crippen LogP contribution in [0.4, 0.5) is 9.18 Å². The number of nitrogens with zero attached hydrogens (tertiary/aromatic N) is 1. The number of fused-ring (bicyclic) bond motifs is 1. The van der Waals surface area contributed by atoms with Crippen molar-refractivity contribution >= 4 is 11.9 Å². The average Bonchev–Trinajstić information content (AvgIpc) is 3.20. The second-order valence-corrected chi connectivity index (χ2v) is 8.22. The van der Waals surface area contributed by atoms with Crippen LogP contribution in [0.1, 0.15) is 48.3 Å². The first-order chi connectivity index (χ1) is 13.2. The molecule has 0 unspecified atom stereocenters. The van der Waals surface area contributed by atoms with Crippen molar-refractivity contribution in [3.63, 3.8) is 0 Å². The highest BCUT2D eigenvalue weighted by molar-refractivity contribution is 6.13. The number of hydrogen-bond acceptors (Lipinski definition) is 4. The van der Waals surface area contributed by atoms with Gasteiger partial charge in [0, 0.05) is 17.5 Å². The van der Waals surface area contributed by atoms with Crippen molar-refractivity contribution in [3.05, 3.63) is 65.0 Å². The van der Waals surface area contributed by atoms with E-state index in [2.05, 4.69) is 0 Å². The highest BCUT2D eigenvalue weighted by atomic mass is 19.1. The van der Waals surface area contributed by atoms with Crippen molar-refractivity contribution in [2.75, 3.05) is 7.11 Å². The summed E-state index contributed by atoms with van der Waals surface area (Å²) < 4.78 is 24.4. The van der Waals surface area contributed by atoms with E-state index in [9.17, 15) is 14.0 Å². The lowest BCUT2D eigenvalue weighted by atomic mass is 9.95. The van der Waals surface area contributed by atoms with E-state index in [1.165, 1.54) is 17.0 Å². The minimum Gasteiger partial charge on any atom is -0.496 e. The SMILES string of the molecule is COc1cccc2c1C[C@@]1(C2=O)[C@@H](c2ccc(F)cc2)N1C(=O)OC(C)(C)C. The van der Waals surface area contributed by atoms with Gasteiger partial charge in [-0.15, -0.1) is 0 Å². The van der Waals surface area contributed by atoms with E-state index in [4.69, 9.17) is 9.47 Å². The molecule has 28 heavy (non-hydrogen) atoms. The van der Waals surface area contributed by atoms with Crippen LogP contribution < -0.4 is 4.74 Å². The van der Waals surface area contributed by atoms with E-state index in [0.29, 0.717) is 23.3 Å². The molecule has 2 aromatic carbocycles. The zero-order valence-electron chi connectivity index (χ0n) is 16.3. The molecule has 0 radical (unpaired) electrons. The second kappa shape index (κ2) is 6.06. The summed E-state index contributed by atoms with van der Waals surface area (Å²) in [5.74, 6) is 0.114. The summed E-state index contributed by atoms with van der Waals surface area (Å²) in [6.07, 6.45) is -0.214. The van der Waals surface area contributed by atoms with Crippen molar-refractivity contribution in [2.24, 2.45) is 0 Å². The number of rotatable bonds is 2. The van der Waals surface area contributed by atoms with Crippen molar-refractivity contribution < 1.29 is 23.5 Å². The van der Waals surface area contributed by atoms with Gasteiger partial charge < -0.3 is 9.47 Å². The molecule has 4 rings (SSSR count). The molecule has 1 saturated heterocycles. The standard InChI is InChI=1S/C22H22FNO4/c1-21(2,3)28-20(26)24-18(13-8-10-14(23)11-9-13)22(24)12-16-15(19(22)25)6-5-7-17(16)27-4/h5-11,18H,12H2,1-4H3/t18-,22+,24?/m1/s1. The van der Waals surface area contributed by atoms with Gasteiger partial charge in [0.2, 0.25) is 0 Å². The Morgan fingerprint density at radius 1 is 1.18 bits per heavy atom. The van der Waals surface area contributed by atoms with Gasteiger partial charge in [-0.3, -0.25) is 9.69 Å². The molecular weight excluding hydrogens is 361 g/mol. The average molecular weight is 383 g/mol. The van der Waals surface area contributed by atoms with Gasteiger partial charge in [-0.2, -0.15) is 0 Å². The molecule has 0 N–H and O–H groups in total. The molecule has 1 amide bonds. The molecule has 6 heteroatoms. The van der Waals surface area contributed by atoms with Gasteiger partial charge in [0.05, 0.1) is 13.2 Å². The summed E-state index contributed by atoms with van der Waals surface area (Å²) in [5.41, 5.74) is 0.287. The fraction of sp³-hybridized carbons (Fsp3) is 0.364. The molecule has 0 aromatic heterocycles. The molecule has 0 bridgehead atoms. The fourth-order valence-electron chi connectivity index (χ4n) is 4.13. The molecule has 1 fully saturated rings. The minimum absolute atomic E-state index is 0.137. The summed E-state index contributed by atoms with van der Waals surface area (Å²) in [4.78, 5) is 27.8. The third kappa shape index (κ3) is 2.66. The van der Waals surface area contributed by atoms with Crippen LogP contribution in [0.15, 0.2) is 42.5 Å².